The molecule has 3 aliphatic heterocycles. The van der Waals surface area contributed by atoms with Gasteiger partial charge in [-0.1, -0.05) is 0 Å². The summed E-state index contributed by atoms with van der Waals surface area (Å²) in [6.45, 7) is 2.61. The molecule has 3 nitrogen and oxygen atoms in total. The molecule has 2 bridgehead atoms. The van der Waals surface area contributed by atoms with E-state index in [2.05, 4.69) is 4.90 Å². The van der Waals surface area contributed by atoms with Gasteiger partial charge in [-0.25, -0.2) is 0 Å². The van der Waals surface area contributed by atoms with E-state index in [4.69, 9.17) is 4.74 Å². The zero-order valence-electron chi connectivity index (χ0n) is 7.32. The summed E-state index contributed by atoms with van der Waals surface area (Å²) < 4.78 is 5.13. The number of ether oxygens (including phenoxy) is 1. The van der Waals surface area contributed by atoms with Crippen molar-refractivity contribution in [1.29, 1.82) is 0 Å². The first kappa shape index (κ1) is 8.61. The summed E-state index contributed by atoms with van der Waals surface area (Å²) in [6.07, 6.45) is 2.22. The molecule has 68 valence electrons. The molecule has 4 heteroatoms. The fourth-order valence-corrected chi connectivity index (χ4v) is 4.31. The van der Waals surface area contributed by atoms with Crippen molar-refractivity contribution in [2.45, 2.75) is 6.04 Å². The Kier molecular flexibility index (Phi) is 2.44. The maximum absolute atomic E-state index is 11.4. The second-order valence-electron chi connectivity index (χ2n) is 3.42. The lowest BCUT2D eigenvalue weighted by Crippen LogP contribution is -2.53. The SMILES string of the molecule is COCC1CP2CCN1CC2=O. The molecule has 3 saturated heterocycles. The molecule has 3 unspecified atom stereocenters. The van der Waals surface area contributed by atoms with Crippen LogP contribution in [0.2, 0.25) is 0 Å². The summed E-state index contributed by atoms with van der Waals surface area (Å²) in [6, 6.07) is 0.535. The van der Waals surface area contributed by atoms with Crippen molar-refractivity contribution in [2.24, 2.45) is 0 Å². The van der Waals surface area contributed by atoms with E-state index in [0.29, 0.717) is 18.1 Å². The van der Waals surface area contributed by atoms with Crippen LogP contribution in [0.5, 0.6) is 0 Å². The van der Waals surface area contributed by atoms with Gasteiger partial charge in [-0.3, -0.25) is 9.69 Å². The van der Waals surface area contributed by atoms with E-state index < -0.39 is 0 Å². The van der Waals surface area contributed by atoms with Crippen molar-refractivity contribution in [3.8, 4) is 0 Å². The average molecular weight is 187 g/mol. The van der Waals surface area contributed by atoms with Crippen molar-refractivity contribution in [3.05, 3.63) is 0 Å². The third-order valence-electron chi connectivity index (χ3n) is 2.65. The zero-order valence-corrected chi connectivity index (χ0v) is 8.22. The molecule has 3 fully saturated rings. The topological polar surface area (TPSA) is 29.5 Å². The van der Waals surface area contributed by atoms with Gasteiger partial charge in [0, 0.05) is 19.7 Å². The van der Waals surface area contributed by atoms with Crippen molar-refractivity contribution in [3.63, 3.8) is 0 Å². The number of carbonyl (C=O) groups is 1. The highest BCUT2D eigenvalue weighted by Gasteiger charge is 2.38. The number of hydrogen-bond donors (Lipinski definition) is 0. The van der Waals surface area contributed by atoms with Gasteiger partial charge < -0.3 is 4.74 Å². The minimum absolute atomic E-state index is 0.276. The highest BCUT2D eigenvalue weighted by atomic mass is 31.1. The molecule has 3 rings (SSSR count). The maximum atomic E-state index is 11.4. The average Bonchev–Trinajstić information content (AvgIpc) is 2.07. The van der Waals surface area contributed by atoms with E-state index in [-0.39, 0.29) is 7.92 Å². The minimum Gasteiger partial charge on any atom is -0.383 e. The fraction of sp³-hybridized carbons (Fsp3) is 0.875. The Labute approximate surface area is 73.8 Å². The largest absolute Gasteiger partial charge is 0.383 e. The molecule has 0 spiro atoms. The number of carbonyl (C=O) groups excluding carboxylic acids is 1. The molecule has 0 aliphatic carbocycles. The normalized spacial score (nSPS) is 40.4. The highest BCUT2D eigenvalue weighted by molar-refractivity contribution is 7.75. The van der Waals surface area contributed by atoms with E-state index >= 15 is 0 Å². The van der Waals surface area contributed by atoms with Crippen LogP contribution in [-0.2, 0) is 9.53 Å². The predicted molar refractivity (Wildman–Crippen MR) is 48.9 cm³/mol. The monoisotopic (exact) mass is 187 g/mol. The van der Waals surface area contributed by atoms with Gasteiger partial charge >= 0.3 is 0 Å². The standard InChI is InChI=1S/C8H14NO2P/c1-11-5-7-6-12-3-2-9(7)4-8(12)10/h7H,2-6H2,1H3. The number of hydrogen-bond acceptors (Lipinski definition) is 3. The summed E-state index contributed by atoms with van der Waals surface area (Å²) in [7, 11) is 1.46. The predicted octanol–water partition coefficient (Wildman–Crippen LogP) is 0.339. The smallest absolute Gasteiger partial charge is 0.168 e. The Morgan fingerprint density at radius 1 is 1.75 bits per heavy atom. The van der Waals surface area contributed by atoms with Crippen LogP contribution in [0.25, 0.3) is 0 Å². The molecule has 3 atom stereocenters. The molecule has 0 aromatic carbocycles. The van der Waals surface area contributed by atoms with Crippen LogP contribution in [0, 0.1) is 0 Å². The lowest BCUT2D eigenvalue weighted by atomic mass is 10.3. The first-order valence-corrected chi connectivity index (χ1v) is 6.03. The highest BCUT2D eigenvalue weighted by Crippen LogP contribution is 2.45. The summed E-state index contributed by atoms with van der Waals surface area (Å²) in [4.78, 5) is 13.6. The van der Waals surface area contributed by atoms with Crippen molar-refractivity contribution < 1.29 is 9.53 Å². The van der Waals surface area contributed by atoms with Crippen LogP contribution >= 0.6 is 7.92 Å². The quantitative estimate of drug-likeness (QED) is 0.584. The molecular weight excluding hydrogens is 173 g/mol. The van der Waals surface area contributed by atoms with E-state index in [1.807, 2.05) is 0 Å². The van der Waals surface area contributed by atoms with Gasteiger partial charge in [0.05, 0.1) is 13.2 Å². The number of rotatable bonds is 2. The van der Waals surface area contributed by atoms with Gasteiger partial charge in [0.1, 0.15) is 0 Å². The molecule has 0 amide bonds. The van der Waals surface area contributed by atoms with E-state index in [9.17, 15) is 4.79 Å². The van der Waals surface area contributed by atoms with E-state index in [0.717, 1.165) is 25.5 Å². The molecule has 12 heavy (non-hydrogen) atoms. The fourth-order valence-electron chi connectivity index (χ4n) is 1.95. The van der Waals surface area contributed by atoms with Gasteiger partial charge in [-0.2, -0.15) is 0 Å². The maximum Gasteiger partial charge on any atom is 0.168 e. The van der Waals surface area contributed by atoms with Crippen LogP contribution < -0.4 is 0 Å². The van der Waals surface area contributed by atoms with Crippen molar-refractivity contribution in [2.75, 3.05) is 39.1 Å². The van der Waals surface area contributed by atoms with Gasteiger partial charge in [-0.05, 0) is 20.2 Å². The Bertz CT molecular complexity index is 197. The molecule has 3 heterocycles. The first-order valence-electron chi connectivity index (χ1n) is 4.32. The van der Waals surface area contributed by atoms with Crippen LogP contribution in [0.3, 0.4) is 0 Å². The van der Waals surface area contributed by atoms with Crippen LogP contribution in [0.15, 0.2) is 0 Å². The van der Waals surface area contributed by atoms with Crippen LogP contribution in [-0.4, -0.2) is 55.6 Å². The first-order chi connectivity index (χ1) is 5.81. The Balaban J connectivity index is 2.00. The van der Waals surface area contributed by atoms with Gasteiger partial charge in [0.25, 0.3) is 0 Å². The van der Waals surface area contributed by atoms with E-state index in [1.165, 1.54) is 0 Å². The minimum atomic E-state index is -0.276. The molecule has 3 aliphatic rings. The van der Waals surface area contributed by atoms with Crippen LogP contribution in [0.1, 0.15) is 0 Å². The van der Waals surface area contributed by atoms with E-state index in [1.54, 1.807) is 7.11 Å². The summed E-state index contributed by atoms with van der Waals surface area (Å²) >= 11 is 0. The molecule has 0 radical (unpaired) electrons. The molecule has 0 saturated carbocycles. The number of nitrogens with zero attached hydrogens (tertiary/aromatic N) is 1. The molecule has 0 aromatic heterocycles. The number of fused-ring (bicyclic) bond motifs is 3. The summed E-state index contributed by atoms with van der Waals surface area (Å²) in [5.74, 6) is 0. The van der Waals surface area contributed by atoms with Crippen LogP contribution in [0.4, 0.5) is 0 Å². The Morgan fingerprint density at radius 2 is 2.58 bits per heavy atom. The second-order valence-corrected chi connectivity index (χ2v) is 5.81. The van der Waals surface area contributed by atoms with Gasteiger partial charge in [-0.15, -0.1) is 0 Å². The zero-order chi connectivity index (χ0) is 8.55. The van der Waals surface area contributed by atoms with Crippen molar-refractivity contribution >= 4 is 13.4 Å². The molecular formula is C8H14NO2P. The summed E-state index contributed by atoms with van der Waals surface area (Å²) in [5.41, 5.74) is 0.503. The Morgan fingerprint density at radius 3 is 3.08 bits per heavy atom. The van der Waals surface area contributed by atoms with Gasteiger partial charge in [0.2, 0.25) is 0 Å². The third-order valence-corrected chi connectivity index (χ3v) is 5.10. The Hall–Kier alpha value is 0.0200. The third kappa shape index (κ3) is 1.41. The summed E-state index contributed by atoms with van der Waals surface area (Å²) in [5, 5.41) is 0. The lowest BCUT2D eigenvalue weighted by molar-refractivity contribution is -0.114. The second kappa shape index (κ2) is 3.41. The van der Waals surface area contributed by atoms with Crippen molar-refractivity contribution in [1.82, 2.24) is 4.90 Å². The molecule has 0 aromatic rings. The van der Waals surface area contributed by atoms with Gasteiger partial charge in [0.15, 0.2) is 5.52 Å². The lowest BCUT2D eigenvalue weighted by Gasteiger charge is -2.43. The molecule has 0 N–H and O–H groups in total. The number of methoxy groups -OCH3 is 1.